The number of nitrogens with one attached hydrogen (secondary N) is 1. The first kappa shape index (κ1) is 11.3. The van der Waals surface area contributed by atoms with E-state index in [0.717, 1.165) is 27.5 Å². The Kier molecular flexibility index (Phi) is 2.64. The molecule has 0 saturated heterocycles. The Hall–Kier alpha value is -2.82. The first-order valence-corrected chi connectivity index (χ1v) is 5.74. The van der Waals surface area contributed by atoms with Crippen LogP contribution in [0.3, 0.4) is 0 Å². The highest BCUT2D eigenvalue weighted by Gasteiger charge is 2.05. The van der Waals surface area contributed by atoms with Crippen molar-refractivity contribution in [3.05, 3.63) is 48.0 Å². The maximum Gasteiger partial charge on any atom is 0.332 e. The van der Waals surface area contributed by atoms with Crippen molar-refractivity contribution in [1.29, 1.82) is 0 Å². The highest BCUT2D eigenvalue weighted by Crippen LogP contribution is 2.28. The summed E-state index contributed by atoms with van der Waals surface area (Å²) in [6.07, 6.45) is 1.53. The van der Waals surface area contributed by atoms with E-state index in [2.05, 4.69) is 10.5 Å². The highest BCUT2D eigenvalue weighted by molar-refractivity contribution is 6.06. The molecule has 0 saturated carbocycles. The van der Waals surface area contributed by atoms with Crippen LogP contribution in [0.4, 0.5) is 4.79 Å². The molecule has 3 rings (SSSR count). The topological polar surface area (TPSA) is 80.6 Å². The summed E-state index contributed by atoms with van der Waals surface area (Å²) in [5, 5.41) is 5.80. The number of hydrogen-bond acceptors (Lipinski definition) is 3. The Balaban J connectivity index is 2.06. The van der Waals surface area contributed by atoms with E-state index in [4.69, 9.17) is 10.2 Å². The minimum Gasteiger partial charge on any atom is -0.456 e. The fourth-order valence-corrected chi connectivity index (χ4v) is 1.99. The fourth-order valence-electron chi connectivity index (χ4n) is 1.99. The third kappa shape index (κ3) is 2.13. The maximum absolute atomic E-state index is 10.5. The third-order valence-corrected chi connectivity index (χ3v) is 2.79. The van der Waals surface area contributed by atoms with Crippen molar-refractivity contribution in [2.75, 3.05) is 0 Å². The maximum atomic E-state index is 10.5. The number of primary amides is 1. The van der Waals surface area contributed by atoms with Gasteiger partial charge in [0.15, 0.2) is 0 Å². The third-order valence-electron chi connectivity index (χ3n) is 2.79. The Morgan fingerprint density at radius 3 is 2.79 bits per heavy atom. The Morgan fingerprint density at radius 1 is 1.16 bits per heavy atom. The molecule has 0 bridgehead atoms. The minimum absolute atomic E-state index is 0.689. The number of carbonyl (C=O) groups excluding carboxylic acids is 1. The van der Waals surface area contributed by atoms with Crippen LogP contribution in [0.5, 0.6) is 0 Å². The van der Waals surface area contributed by atoms with Gasteiger partial charge < -0.3 is 10.2 Å². The molecule has 0 aliphatic heterocycles. The number of furan rings is 1. The van der Waals surface area contributed by atoms with Crippen LogP contribution in [0, 0.1) is 0 Å². The predicted molar refractivity (Wildman–Crippen MR) is 74.0 cm³/mol. The molecule has 0 fully saturated rings. The zero-order chi connectivity index (χ0) is 13.2. The molecule has 1 aromatic heterocycles. The largest absolute Gasteiger partial charge is 0.456 e. The van der Waals surface area contributed by atoms with Gasteiger partial charge >= 0.3 is 6.03 Å². The first-order chi connectivity index (χ1) is 9.24. The van der Waals surface area contributed by atoms with Crippen LogP contribution in [0.15, 0.2) is 52.0 Å². The molecule has 0 spiro atoms. The van der Waals surface area contributed by atoms with Gasteiger partial charge in [-0.3, -0.25) is 0 Å². The van der Waals surface area contributed by atoms with Crippen LogP contribution in [-0.4, -0.2) is 12.2 Å². The van der Waals surface area contributed by atoms with Gasteiger partial charge in [-0.05, 0) is 29.8 Å². The fraction of sp³-hybridized carbons (Fsp3) is 0. The zero-order valence-electron chi connectivity index (χ0n) is 9.96. The molecule has 3 aromatic rings. The Bertz CT molecular complexity index is 790. The van der Waals surface area contributed by atoms with Crippen LogP contribution in [0.1, 0.15) is 5.56 Å². The van der Waals surface area contributed by atoms with E-state index in [1.807, 2.05) is 42.5 Å². The molecule has 0 radical (unpaired) electrons. The van der Waals surface area contributed by atoms with Gasteiger partial charge in [0.25, 0.3) is 0 Å². The van der Waals surface area contributed by atoms with Crippen LogP contribution in [0.25, 0.3) is 21.9 Å². The van der Waals surface area contributed by atoms with Crippen molar-refractivity contribution < 1.29 is 9.21 Å². The smallest absolute Gasteiger partial charge is 0.332 e. The number of benzene rings is 2. The molecule has 94 valence electrons. The van der Waals surface area contributed by atoms with E-state index in [1.54, 1.807) is 0 Å². The number of hydrogen-bond donors (Lipinski definition) is 2. The van der Waals surface area contributed by atoms with Crippen LogP contribution < -0.4 is 11.2 Å². The minimum atomic E-state index is -0.689. The molecular formula is C14H11N3O2. The molecule has 0 aliphatic carbocycles. The van der Waals surface area contributed by atoms with Crippen LogP contribution in [0.2, 0.25) is 0 Å². The molecular weight excluding hydrogens is 242 g/mol. The second-order valence-electron chi connectivity index (χ2n) is 4.09. The second kappa shape index (κ2) is 4.45. The van der Waals surface area contributed by atoms with Gasteiger partial charge in [-0.25, -0.2) is 10.2 Å². The number of para-hydroxylation sites is 1. The Morgan fingerprint density at radius 2 is 1.95 bits per heavy atom. The number of carbonyl (C=O) groups is 1. The van der Waals surface area contributed by atoms with Crippen molar-refractivity contribution in [2.45, 2.75) is 0 Å². The van der Waals surface area contributed by atoms with Gasteiger partial charge in [-0.1, -0.05) is 18.2 Å². The molecule has 0 aliphatic rings. The van der Waals surface area contributed by atoms with Gasteiger partial charge in [0.05, 0.1) is 6.21 Å². The van der Waals surface area contributed by atoms with Gasteiger partial charge in [0, 0.05) is 10.8 Å². The van der Waals surface area contributed by atoms with Crippen molar-refractivity contribution in [1.82, 2.24) is 5.43 Å². The van der Waals surface area contributed by atoms with Gasteiger partial charge in [0.2, 0.25) is 0 Å². The SMILES string of the molecule is NC(=O)N/N=C\c1ccc2oc3ccccc3c2c1. The molecule has 5 nitrogen and oxygen atoms in total. The average Bonchev–Trinajstić information content (AvgIpc) is 2.76. The summed E-state index contributed by atoms with van der Waals surface area (Å²) in [5.74, 6) is 0. The van der Waals surface area contributed by atoms with E-state index in [0.29, 0.717) is 0 Å². The number of urea groups is 1. The second-order valence-corrected chi connectivity index (χ2v) is 4.09. The summed E-state index contributed by atoms with van der Waals surface area (Å²) in [4.78, 5) is 10.5. The van der Waals surface area contributed by atoms with Crippen LogP contribution in [-0.2, 0) is 0 Å². The zero-order valence-corrected chi connectivity index (χ0v) is 9.96. The highest BCUT2D eigenvalue weighted by atomic mass is 16.3. The van der Waals surface area contributed by atoms with E-state index in [9.17, 15) is 4.79 Å². The number of fused-ring (bicyclic) bond motifs is 3. The van der Waals surface area contributed by atoms with Crippen molar-refractivity contribution in [3.63, 3.8) is 0 Å². The molecule has 3 N–H and O–H groups in total. The van der Waals surface area contributed by atoms with Crippen LogP contribution >= 0.6 is 0 Å². The summed E-state index contributed by atoms with van der Waals surface area (Å²) in [5.41, 5.74) is 9.61. The normalized spacial score (nSPS) is 11.4. The summed E-state index contributed by atoms with van der Waals surface area (Å²) in [6, 6.07) is 12.8. The van der Waals surface area contributed by atoms with Gasteiger partial charge in [-0.2, -0.15) is 5.10 Å². The molecule has 0 unspecified atom stereocenters. The average molecular weight is 253 g/mol. The monoisotopic (exact) mass is 253 g/mol. The number of hydrazone groups is 1. The first-order valence-electron chi connectivity index (χ1n) is 5.74. The van der Waals surface area contributed by atoms with Crippen molar-refractivity contribution >= 4 is 34.2 Å². The van der Waals surface area contributed by atoms with Gasteiger partial charge in [0.1, 0.15) is 11.2 Å². The summed E-state index contributed by atoms with van der Waals surface area (Å²) in [6.45, 7) is 0. The van der Waals surface area contributed by atoms with Crippen molar-refractivity contribution in [3.8, 4) is 0 Å². The lowest BCUT2D eigenvalue weighted by Crippen LogP contribution is -2.24. The molecule has 2 amide bonds. The lowest BCUT2D eigenvalue weighted by molar-refractivity contribution is 0.249. The molecule has 0 atom stereocenters. The van der Waals surface area contributed by atoms with E-state index >= 15 is 0 Å². The molecule has 2 aromatic carbocycles. The predicted octanol–water partition coefficient (Wildman–Crippen LogP) is 2.59. The molecule has 5 heteroatoms. The molecule has 1 heterocycles. The van der Waals surface area contributed by atoms with Crippen molar-refractivity contribution in [2.24, 2.45) is 10.8 Å². The van der Waals surface area contributed by atoms with E-state index < -0.39 is 6.03 Å². The van der Waals surface area contributed by atoms with Gasteiger partial charge in [-0.15, -0.1) is 0 Å². The summed E-state index contributed by atoms with van der Waals surface area (Å²) in [7, 11) is 0. The molecule has 19 heavy (non-hydrogen) atoms. The Labute approximate surface area is 108 Å². The lowest BCUT2D eigenvalue weighted by Gasteiger charge is -1.94. The standard InChI is InChI=1S/C14H11N3O2/c15-14(18)17-16-8-9-5-6-13-11(7-9)10-3-1-2-4-12(10)19-13/h1-8H,(H3,15,17,18)/b16-8-. The lowest BCUT2D eigenvalue weighted by atomic mass is 10.1. The van der Waals surface area contributed by atoms with E-state index in [-0.39, 0.29) is 0 Å². The number of nitrogens with zero attached hydrogens (tertiary/aromatic N) is 1. The summed E-state index contributed by atoms with van der Waals surface area (Å²) >= 11 is 0. The summed E-state index contributed by atoms with van der Waals surface area (Å²) < 4.78 is 5.72. The number of nitrogens with two attached hydrogens (primary N) is 1. The quantitative estimate of drug-likeness (QED) is 0.543. The number of rotatable bonds is 2. The van der Waals surface area contributed by atoms with E-state index in [1.165, 1.54) is 6.21 Å². The number of amides is 2.